The van der Waals surface area contributed by atoms with E-state index in [1.54, 1.807) is 0 Å². The highest BCUT2D eigenvalue weighted by molar-refractivity contribution is 4.72. The van der Waals surface area contributed by atoms with Gasteiger partial charge >= 0.3 is 0 Å². The van der Waals surface area contributed by atoms with Gasteiger partial charge in [-0.25, -0.2) is 0 Å². The molecule has 0 rings (SSSR count). The van der Waals surface area contributed by atoms with Gasteiger partial charge in [-0.2, -0.15) is 0 Å². The monoisotopic (exact) mass is 200 g/mol. The summed E-state index contributed by atoms with van der Waals surface area (Å²) in [6.45, 7) is 14.2. The molecule has 0 aliphatic rings. The average Bonchev–Trinajstić information content (AvgIpc) is 1.99. The summed E-state index contributed by atoms with van der Waals surface area (Å²) in [6, 6.07) is 0. The zero-order valence-electron chi connectivity index (χ0n) is 10.6. The number of rotatable bonds is 6. The van der Waals surface area contributed by atoms with Crippen LogP contribution in [-0.4, -0.2) is 19.6 Å². The van der Waals surface area contributed by atoms with Gasteiger partial charge < -0.3 is 11.1 Å². The highest BCUT2D eigenvalue weighted by Crippen LogP contribution is 2.23. The Hall–Kier alpha value is -0.0800. The lowest BCUT2D eigenvalue weighted by molar-refractivity contribution is 0.287. The zero-order valence-corrected chi connectivity index (χ0v) is 10.6. The molecule has 0 aliphatic heterocycles. The number of hydrogen-bond acceptors (Lipinski definition) is 2. The van der Waals surface area contributed by atoms with E-state index in [1.165, 1.54) is 6.42 Å². The van der Waals surface area contributed by atoms with E-state index < -0.39 is 0 Å². The van der Waals surface area contributed by atoms with Crippen molar-refractivity contribution in [1.29, 1.82) is 0 Å². The first kappa shape index (κ1) is 13.9. The van der Waals surface area contributed by atoms with Crippen molar-refractivity contribution in [1.82, 2.24) is 5.32 Å². The molecule has 0 saturated carbocycles. The first-order valence-electron chi connectivity index (χ1n) is 5.76. The summed E-state index contributed by atoms with van der Waals surface area (Å²) in [7, 11) is 0. The van der Waals surface area contributed by atoms with Gasteiger partial charge in [-0.1, -0.05) is 34.6 Å². The normalized spacial score (nSPS) is 14.8. The van der Waals surface area contributed by atoms with Gasteiger partial charge in [-0.15, -0.1) is 0 Å². The molecule has 14 heavy (non-hydrogen) atoms. The van der Waals surface area contributed by atoms with Crippen LogP contribution in [0.4, 0.5) is 0 Å². The van der Waals surface area contributed by atoms with E-state index in [0.717, 1.165) is 25.6 Å². The number of hydrogen-bond donors (Lipinski definition) is 2. The minimum atomic E-state index is 0.392. The quantitative estimate of drug-likeness (QED) is 0.690. The van der Waals surface area contributed by atoms with Gasteiger partial charge in [0.05, 0.1) is 0 Å². The maximum absolute atomic E-state index is 5.76. The Bertz CT molecular complexity index is 136. The van der Waals surface area contributed by atoms with Crippen LogP contribution in [0.15, 0.2) is 0 Å². The lowest BCUT2D eigenvalue weighted by Gasteiger charge is -2.25. The number of nitrogens with one attached hydrogen (secondary N) is 1. The smallest absolute Gasteiger partial charge is 0.000815 e. The predicted molar refractivity (Wildman–Crippen MR) is 64.3 cm³/mol. The Morgan fingerprint density at radius 1 is 1.14 bits per heavy atom. The highest BCUT2D eigenvalue weighted by Gasteiger charge is 2.17. The molecule has 0 fully saturated rings. The Balaban J connectivity index is 3.69. The Morgan fingerprint density at radius 2 is 1.71 bits per heavy atom. The van der Waals surface area contributed by atoms with Crippen molar-refractivity contribution in [2.75, 3.05) is 19.6 Å². The van der Waals surface area contributed by atoms with Gasteiger partial charge in [0.2, 0.25) is 0 Å². The number of nitrogens with two attached hydrogens (primary N) is 1. The van der Waals surface area contributed by atoms with E-state index >= 15 is 0 Å². The molecule has 2 heteroatoms. The standard InChI is InChI=1S/C12H28N2/c1-10(2)8-14-9-11(7-13)6-12(3,4)5/h10-11,14H,6-9,13H2,1-5H3. The summed E-state index contributed by atoms with van der Waals surface area (Å²) in [4.78, 5) is 0. The molecule has 0 spiro atoms. The van der Waals surface area contributed by atoms with Crippen LogP contribution in [0, 0.1) is 17.3 Å². The first-order chi connectivity index (χ1) is 6.35. The molecule has 0 aromatic rings. The summed E-state index contributed by atoms with van der Waals surface area (Å²) < 4.78 is 0. The molecule has 0 amide bonds. The van der Waals surface area contributed by atoms with Crippen molar-refractivity contribution in [2.24, 2.45) is 23.0 Å². The Labute approximate surface area is 89.6 Å². The van der Waals surface area contributed by atoms with E-state index in [0.29, 0.717) is 11.3 Å². The van der Waals surface area contributed by atoms with E-state index in [2.05, 4.69) is 39.9 Å². The van der Waals surface area contributed by atoms with Gasteiger partial charge in [0, 0.05) is 0 Å². The fourth-order valence-electron chi connectivity index (χ4n) is 1.68. The van der Waals surface area contributed by atoms with Crippen LogP contribution in [0.1, 0.15) is 41.0 Å². The molecule has 0 saturated heterocycles. The van der Waals surface area contributed by atoms with Crippen LogP contribution < -0.4 is 11.1 Å². The topological polar surface area (TPSA) is 38.0 Å². The molecule has 1 unspecified atom stereocenters. The Kier molecular flexibility index (Phi) is 6.38. The van der Waals surface area contributed by atoms with Crippen molar-refractivity contribution in [2.45, 2.75) is 41.0 Å². The molecule has 86 valence electrons. The van der Waals surface area contributed by atoms with Crippen LogP contribution in [0.3, 0.4) is 0 Å². The van der Waals surface area contributed by atoms with Crippen molar-refractivity contribution in [3.8, 4) is 0 Å². The van der Waals surface area contributed by atoms with Crippen molar-refractivity contribution < 1.29 is 0 Å². The molecule has 0 aromatic carbocycles. The van der Waals surface area contributed by atoms with E-state index in [9.17, 15) is 0 Å². The first-order valence-corrected chi connectivity index (χ1v) is 5.76. The molecule has 0 aromatic heterocycles. The second kappa shape index (κ2) is 6.41. The molecule has 0 heterocycles. The SMILES string of the molecule is CC(C)CNCC(CN)CC(C)(C)C. The van der Waals surface area contributed by atoms with Crippen molar-refractivity contribution >= 4 is 0 Å². The molecule has 1 atom stereocenters. The fraction of sp³-hybridized carbons (Fsp3) is 1.00. The van der Waals surface area contributed by atoms with Gasteiger partial charge in [0.1, 0.15) is 0 Å². The van der Waals surface area contributed by atoms with Crippen molar-refractivity contribution in [3.05, 3.63) is 0 Å². The molecule has 0 radical (unpaired) electrons. The molecule has 0 bridgehead atoms. The Morgan fingerprint density at radius 3 is 2.07 bits per heavy atom. The lowest BCUT2D eigenvalue weighted by atomic mass is 9.84. The third kappa shape index (κ3) is 8.52. The summed E-state index contributed by atoms with van der Waals surface area (Å²) in [5, 5.41) is 3.48. The van der Waals surface area contributed by atoms with Gasteiger partial charge in [-0.05, 0) is 43.3 Å². The van der Waals surface area contributed by atoms with Crippen LogP contribution in [0.5, 0.6) is 0 Å². The summed E-state index contributed by atoms with van der Waals surface area (Å²) in [6.07, 6.45) is 1.20. The molecular formula is C12H28N2. The van der Waals surface area contributed by atoms with Crippen LogP contribution in [-0.2, 0) is 0 Å². The highest BCUT2D eigenvalue weighted by atomic mass is 14.9. The summed E-state index contributed by atoms with van der Waals surface area (Å²) >= 11 is 0. The van der Waals surface area contributed by atoms with Gasteiger partial charge in [0.25, 0.3) is 0 Å². The molecule has 0 aliphatic carbocycles. The molecule has 2 nitrogen and oxygen atoms in total. The zero-order chi connectivity index (χ0) is 11.2. The van der Waals surface area contributed by atoms with E-state index in [1.807, 2.05) is 0 Å². The van der Waals surface area contributed by atoms with Gasteiger partial charge in [0.15, 0.2) is 0 Å². The van der Waals surface area contributed by atoms with Gasteiger partial charge in [-0.3, -0.25) is 0 Å². The second-order valence-corrected chi connectivity index (χ2v) is 5.92. The van der Waals surface area contributed by atoms with Crippen LogP contribution >= 0.6 is 0 Å². The maximum atomic E-state index is 5.76. The summed E-state index contributed by atoms with van der Waals surface area (Å²) in [5.41, 5.74) is 6.15. The largest absolute Gasteiger partial charge is 0.330 e. The minimum Gasteiger partial charge on any atom is -0.330 e. The molecule has 3 N–H and O–H groups in total. The third-order valence-corrected chi connectivity index (χ3v) is 2.22. The van der Waals surface area contributed by atoms with Crippen molar-refractivity contribution in [3.63, 3.8) is 0 Å². The minimum absolute atomic E-state index is 0.392. The summed E-state index contributed by atoms with van der Waals surface area (Å²) in [5.74, 6) is 1.34. The van der Waals surface area contributed by atoms with E-state index in [4.69, 9.17) is 5.73 Å². The fourth-order valence-corrected chi connectivity index (χ4v) is 1.68. The lowest BCUT2D eigenvalue weighted by Crippen LogP contribution is -2.32. The van der Waals surface area contributed by atoms with Crippen LogP contribution in [0.2, 0.25) is 0 Å². The predicted octanol–water partition coefficient (Wildman–Crippen LogP) is 2.24. The average molecular weight is 200 g/mol. The van der Waals surface area contributed by atoms with E-state index in [-0.39, 0.29) is 0 Å². The maximum Gasteiger partial charge on any atom is -0.000815 e. The molecular weight excluding hydrogens is 172 g/mol. The van der Waals surface area contributed by atoms with Crippen LogP contribution in [0.25, 0.3) is 0 Å². The second-order valence-electron chi connectivity index (χ2n) is 5.92. The third-order valence-electron chi connectivity index (χ3n) is 2.22.